The van der Waals surface area contributed by atoms with E-state index in [-0.39, 0.29) is 56.6 Å². The van der Waals surface area contributed by atoms with Crippen molar-refractivity contribution in [3.05, 3.63) is 23.8 Å². The van der Waals surface area contributed by atoms with Crippen molar-refractivity contribution >= 4 is 11.8 Å². The van der Waals surface area contributed by atoms with E-state index in [0.29, 0.717) is 42.9 Å². The lowest BCUT2D eigenvalue weighted by Crippen LogP contribution is -2.57. The van der Waals surface area contributed by atoms with Crippen LogP contribution in [0.2, 0.25) is 0 Å². The Kier molecular flexibility index (Phi) is 7.72. The normalized spacial score (nSPS) is 28.8. The summed E-state index contributed by atoms with van der Waals surface area (Å²) in [5.74, 6) is 0.950. The van der Waals surface area contributed by atoms with Crippen LogP contribution in [0.15, 0.2) is 18.2 Å². The first-order valence-electron chi connectivity index (χ1n) is 12.7. The molecular weight excluding hydrogens is 454 g/mol. The number of ether oxygens (including phenoxy) is 4. The van der Waals surface area contributed by atoms with Gasteiger partial charge >= 0.3 is 0 Å². The Morgan fingerprint density at radius 2 is 1.91 bits per heavy atom. The van der Waals surface area contributed by atoms with Crippen LogP contribution in [0.1, 0.15) is 42.5 Å². The molecule has 0 radical (unpaired) electrons. The van der Waals surface area contributed by atoms with Crippen molar-refractivity contribution in [2.45, 2.75) is 56.5 Å². The van der Waals surface area contributed by atoms with Crippen LogP contribution >= 0.6 is 0 Å². The highest BCUT2D eigenvalue weighted by Gasteiger charge is 2.40. The Balaban J connectivity index is 1.20. The Morgan fingerprint density at radius 1 is 1.09 bits per heavy atom. The van der Waals surface area contributed by atoms with E-state index in [2.05, 4.69) is 10.2 Å². The highest BCUT2D eigenvalue weighted by Crippen LogP contribution is 2.34. The second kappa shape index (κ2) is 11.1. The van der Waals surface area contributed by atoms with Crippen molar-refractivity contribution < 1.29 is 33.6 Å². The molecule has 4 aliphatic heterocycles. The van der Waals surface area contributed by atoms with Gasteiger partial charge in [-0.05, 0) is 57.0 Å². The Morgan fingerprint density at radius 3 is 2.77 bits per heavy atom. The van der Waals surface area contributed by atoms with Gasteiger partial charge in [-0.15, -0.1) is 0 Å². The van der Waals surface area contributed by atoms with Crippen molar-refractivity contribution in [1.82, 2.24) is 15.1 Å². The predicted octanol–water partition coefficient (Wildman–Crippen LogP) is 0.767. The van der Waals surface area contributed by atoms with Crippen LogP contribution in [0.4, 0.5) is 0 Å². The molecule has 0 bridgehead atoms. The average molecular weight is 490 g/mol. The number of hydrogen-bond donors (Lipinski definition) is 2. The topological polar surface area (TPSA) is 110 Å². The number of β-amino-alcohol motifs (C(OH)–C–C–N with tert-alkyl or cyclic N) is 1. The third-order valence-corrected chi connectivity index (χ3v) is 7.22. The van der Waals surface area contributed by atoms with Crippen LogP contribution in [0.3, 0.4) is 0 Å². The van der Waals surface area contributed by atoms with E-state index >= 15 is 0 Å². The smallest absolute Gasteiger partial charge is 0.254 e. The Labute approximate surface area is 205 Å². The summed E-state index contributed by atoms with van der Waals surface area (Å²) in [4.78, 5) is 30.1. The Bertz CT molecular complexity index is 907. The molecule has 4 heterocycles. The van der Waals surface area contributed by atoms with Gasteiger partial charge in [-0.25, -0.2) is 0 Å². The van der Waals surface area contributed by atoms with Crippen LogP contribution in [-0.4, -0.2) is 104 Å². The van der Waals surface area contributed by atoms with E-state index in [4.69, 9.17) is 18.9 Å². The van der Waals surface area contributed by atoms with Gasteiger partial charge in [0.1, 0.15) is 6.10 Å². The standard InChI is InChI=1S/C25H35N3O7/c29-18-13-28(25(31)17-3-6-21-22(11-17)34-16-33-21)20-5-4-19(35-23(20)15-32-14-18)12-24(30)26-7-10-27-8-1-2-9-27/h3,6,11,18-20,23,29H,1-2,4-5,7-10,12-16H2,(H,26,30)/t18-,19+,20+,23-/m1/s1. The zero-order valence-corrected chi connectivity index (χ0v) is 20.0. The molecule has 0 unspecified atom stereocenters. The predicted molar refractivity (Wildman–Crippen MR) is 125 cm³/mol. The van der Waals surface area contributed by atoms with Gasteiger partial charge in [-0.3, -0.25) is 9.59 Å². The van der Waals surface area contributed by atoms with Gasteiger partial charge in [0.25, 0.3) is 5.91 Å². The minimum atomic E-state index is -0.784. The number of rotatable bonds is 6. The number of amides is 2. The first-order chi connectivity index (χ1) is 17.1. The van der Waals surface area contributed by atoms with Crippen molar-refractivity contribution in [2.75, 3.05) is 52.7 Å². The van der Waals surface area contributed by atoms with Gasteiger partial charge in [-0.2, -0.15) is 0 Å². The molecule has 0 aliphatic carbocycles. The molecule has 4 atom stereocenters. The first-order valence-corrected chi connectivity index (χ1v) is 12.7. The highest BCUT2D eigenvalue weighted by molar-refractivity contribution is 5.95. The van der Waals surface area contributed by atoms with Crippen LogP contribution in [0, 0.1) is 0 Å². The van der Waals surface area contributed by atoms with Crippen LogP contribution in [-0.2, 0) is 14.3 Å². The van der Waals surface area contributed by atoms with Crippen molar-refractivity contribution in [3.8, 4) is 11.5 Å². The SMILES string of the molecule is O=C(C[C@@H]1CC[C@H]2[C@@H](COC[C@H](O)CN2C(=O)c2ccc3c(c2)OCO3)O1)NCCN1CCCC1. The fourth-order valence-corrected chi connectivity index (χ4v) is 5.41. The molecule has 1 aromatic carbocycles. The summed E-state index contributed by atoms with van der Waals surface area (Å²) < 4.78 is 22.7. The van der Waals surface area contributed by atoms with E-state index in [0.717, 1.165) is 19.6 Å². The van der Waals surface area contributed by atoms with Crippen molar-refractivity contribution in [1.29, 1.82) is 0 Å². The van der Waals surface area contributed by atoms with Gasteiger partial charge in [-0.1, -0.05) is 0 Å². The van der Waals surface area contributed by atoms with Gasteiger partial charge in [0, 0.05) is 25.2 Å². The quantitative estimate of drug-likeness (QED) is 0.603. The van der Waals surface area contributed by atoms with Gasteiger partial charge in [0.2, 0.25) is 12.7 Å². The number of aliphatic hydroxyl groups excluding tert-OH is 1. The number of nitrogens with zero attached hydrogens (tertiary/aromatic N) is 2. The maximum Gasteiger partial charge on any atom is 0.254 e. The maximum atomic E-state index is 13.5. The number of carbonyl (C=O) groups is 2. The second-order valence-corrected chi connectivity index (χ2v) is 9.76. The van der Waals surface area contributed by atoms with E-state index < -0.39 is 6.10 Å². The monoisotopic (exact) mass is 489 g/mol. The molecule has 4 aliphatic rings. The first kappa shape index (κ1) is 24.3. The summed E-state index contributed by atoms with van der Waals surface area (Å²) in [6.07, 6.45) is 2.72. The number of likely N-dealkylation sites (tertiary alicyclic amines) is 1. The van der Waals surface area contributed by atoms with E-state index in [9.17, 15) is 14.7 Å². The number of nitrogens with one attached hydrogen (secondary N) is 1. The summed E-state index contributed by atoms with van der Waals surface area (Å²) in [5, 5.41) is 13.4. The molecule has 35 heavy (non-hydrogen) atoms. The van der Waals surface area contributed by atoms with Gasteiger partial charge < -0.3 is 39.2 Å². The highest BCUT2D eigenvalue weighted by atomic mass is 16.7. The molecule has 0 saturated carbocycles. The Hall–Kier alpha value is -2.40. The lowest BCUT2D eigenvalue weighted by Gasteiger charge is -2.44. The molecule has 10 nitrogen and oxygen atoms in total. The molecule has 2 amide bonds. The zero-order chi connectivity index (χ0) is 24.2. The largest absolute Gasteiger partial charge is 0.454 e. The van der Waals surface area contributed by atoms with E-state index in [1.807, 2.05) is 0 Å². The molecule has 3 fully saturated rings. The van der Waals surface area contributed by atoms with Crippen LogP contribution in [0.5, 0.6) is 11.5 Å². The maximum absolute atomic E-state index is 13.5. The fourth-order valence-electron chi connectivity index (χ4n) is 5.41. The van der Waals surface area contributed by atoms with Crippen molar-refractivity contribution in [2.24, 2.45) is 0 Å². The molecule has 192 valence electrons. The summed E-state index contributed by atoms with van der Waals surface area (Å²) in [5.41, 5.74) is 0.473. The third kappa shape index (κ3) is 5.88. The minimum absolute atomic E-state index is 0.0110. The number of aliphatic hydroxyl groups is 1. The summed E-state index contributed by atoms with van der Waals surface area (Å²) in [7, 11) is 0. The summed E-state index contributed by atoms with van der Waals surface area (Å²) in [6, 6.07) is 4.87. The minimum Gasteiger partial charge on any atom is -0.454 e. The zero-order valence-electron chi connectivity index (χ0n) is 20.0. The molecule has 10 heteroatoms. The van der Waals surface area contributed by atoms with Gasteiger partial charge in [0.05, 0.1) is 37.9 Å². The second-order valence-electron chi connectivity index (χ2n) is 9.76. The molecular formula is C25H35N3O7. The van der Waals surface area contributed by atoms with Crippen molar-refractivity contribution in [3.63, 3.8) is 0 Å². The molecule has 2 N–H and O–H groups in total. The lowest BCUT2D eigenvalue weighted by molar-refractivity contribution is -0.150. The number of benzene rings is 1. The number of carbonyl (C=O) groups excluding carboxylic acids is 2. The van der Waals surface area contributed by atoms with E-state index in [1.54, 1.807) is 23.1 Å². The molecule has 1 aromatic rings. The lowest BCUT2D eigenvalue weighted by atomic mass is 9.94. The molecule has 3 saturated heterocycles. The molecule has 0 spiro atoms. The fraction of sp³-hybridized carbons (Fsp3) is 0.680. The third-order valence-electron chi connectivity index (χ3n) is 7.22. The number of hydrogen-bond acceptors (Lipinski definition) is 8. The molecule has 5 rings (SSSR count). The van der Waals surface area contributed by atoms with Crippen LogP contribution < -0.4 is 14.8 Å². The van der Waals surface area contributed by atoms with E-state index in [1.165, 1.54) is 12.8 Å². The summed E-state index contributed by atoms with van der Waals surface area (Å²) >= 11 is 0. The molecule has 0 aromatic heterocycles. The van der Waals surface area contributed by atoms with Gasteiger partial charge in [0.15, 0.2) is 11.5 Å². The average Bonchev–Trinajstić information content (AvgIpc) is 3.53. The van der Waals surface area contributed by atoms with Crippen LogP contribution in [0.25, 0.3) is 0 Å². The summed E-state index contributed by atoms with van der Waals surface area (Å²) in [6.45, 7) is 4.43. The number of fused-ring (bicyclic) bond motifs is 2.